The van der Waals surface area contributed by atoms with Crippen LogP contribution >= 0.6 is 0 Å². The molecule has 0 amide bonds. The first-order valence-electron chi connectivity index (χ1n) is 7.35. The fraction of sp³-hybridized carbons (Fsp3) is 0.235. The van der Waals surface area contributed by atoms with Crippen molar-refractivity contribution in [3.05, 3.63) is 53.1 Å². The van der Waals surface area contributed by atoms with Crippen molar-refractivity contribution in [2.75, 3.05) is 11.3 Å². The number of ether oxygens (including phenoxy) is 1. The summed E-state index contributed by atoms with van der Waals surface area (Å²) < 4.78 is 33.4. The van der Waals surface area contributed by atoms with Gasteiger partial charge < -0.3 is 9.84 Å². The summed E-state index contributed by atoms with van der Waals surface area (Å²) in [6.45, 7) is 5.51. The number of hydrogen-bond acceptors (Lipinski definition) is 4. The molecule has 0 saturated carbocycles. The average molecular weight is 349 g/mol. The van der Waals surface area contributed by atoms with Crippen molar-refractivity contribution in [1.29, 1.82) is 0 Å². The Kier molecular flexibility index (Phi) is 5.14. The molecule has 0 aromatic heterocycles. The third kappa shape index (κ3) is 3.68. The van der Waals surface area contributed by atoms with Crippen molar-refractivity contribution < 1.29 is 23.1 Å². The number of carboxylic acids is 1. The van der Waals surface area contributed by atoms with Gasteiger partial charge in [-0.05, 0) is 56.2 Å². The maximum Gasteiger partial charge on any atom is 0.335 e. The molecule has 0 bridgehead atoms. The van der Waals surface area contributed by atoms with Crippen molar-refractivity contribution in [1.82, 2.24) is 0 Å². The Hall–Kier alpha value is -2.54. The molecule has 0 fully saturated rings. The molecule has 0 spiro atoms. The van der Waals surface area contributed by atoms with Gasteiger partial charge in [-0.3, -0.25) is 4.72 Å². The van der Waals surface area contributed by atoms with Crippen LogP contribution in [0.5, 0.6) is 5.75 Å². The van der Waals surface area contributed by atoms with E-state index in [0.717, 1.165) is 6.07 Å². The predicted molar refractivity (Wildman–Crippen MR) is 91.3 cm³/mol. The number of para-hydroxylation sites is 2. The average Bonchev–Trinajstić information content (AvgIpc) is 2.51. The Morgan fingerprint density at radius 3 is 2.50 bits per heavy atom. The number of hydrogen-bond donors (Lipinski definition) is 2. The summed E-state index contributed by atoms with van der Waals surface area (Å²) >= 11 is 0. The standard InChI is InChI=1S/C17H19NO5S/c1-4-23-15-8-6-5-7-14(15)18-24(21,22)16-10-13(17(19)20)9-11(2)12(16)3/h5-10,18H,4H2,1-3H3,(H,19,20). The first-order valence-corrected chi connectivity index (χ1v) is 8.83. The highest BCUT2D eigenvalue weighted by molar-refractivity contribution is 7.92. The highest BCUT2D eigenvalue weighted by atomic mass is 32.2. The maximum atomic E-state index is 12.7. The molecule has 128 valence electrons. The summed E-state index contributed by atoms with van der Waals surface area (Å²) in [6.07, 6.45) is 0. The minimum absolute atomic E-state index is 0.0637. The van der Waals surface area contributed by atoms with Crippen LogP contribution in [0.1, 0.15) is 28.4 Å². The number of anilines is 1. The highest BCUT2D eigenvalue weighted by Gasteiger charge is 2.22. The van der Waals surface area contributed by atoms with E-state index in [4.69, 9.17) is 9.84 Å². The molecule has 7 heteroatoms. The van der Waals surface area contributed by atoms with Gasteiger partial charge in [0.2, 0.25) is 0 Å². The second-order valence-electron chi connectivity index (χ2n) is 5.26. The van der Waals surface area contributed by atoms with Crippen LogP contribution in [-0.4, -0.2) is 26.1 Å². The quantitative estimate of drug-likeness (QED) is 0.835. The topological polar surface area (TPSA) is 92.7 Å². The van der Waals surface area contributed by atoms with Gasteiger partial charge in [0.1, 0.15) is 5.75 Å². The molecule has 0 atom stereocenters. The summed E-state index contributed by atoms with van der Waals surface area (Å²) in [5.41, 5.74) is 1.32. The molecule has 0 aliphatic heterocycles. The Balaban J connectivity index is 2.51. The van der Waals surface area contributed by atoms with Crippen molar-refractivity contribution in [3.8, 4) is 5.75 Å². The molecule has 2 aromatic carbocycles. The number of sulfonamides is 1. The lowest BCUT2D eigenvalue weighted by atomic mass is 10.1. The molecule has 0 radical (unpaired) electrons. The number of aromatic carboxylic acids is 1. The van der Waals surface area contributed by atoms with Gasteiger partial charge in [0.15, 0.2) is 0 Å². The van der Waals surface area contributed by atoms with Gasteiger partial charge in [0, 0.05) is 0 Å². The zero-order valence-electron chi connectivity index (χ0n) is 13.7. The van der Waals surface area contributed by atoms with Crippen molar-refractivity contribution in [2.24, 2.45) is 0 Å². The Labute approximate surface area is 141 Å². The Morgan fingerprint density at radius 2 is 1.88 bits per heavy atom. The van der Waals surface area contributed by atoms with E-state index in [0.29, 0.717) is 29.2 Å². The molecule has 2 rings (SSSR count). The lowest BCUT2D eigenvalue weighted by Crippen LogP contribution is -2.16. The first kappa shape index (κ1) is 17.8. The zero-order chi connectivity index (χ0) is 17.9. The van der Waals surface area contributed by atoms with Gasteiger partial charge in [-0.15, -0.1) is 0 Å². The van der Waals surface area contributed by atoms with E-state index < -0.39 is 16.0 Å². The van der Waals surface area contributed by atoms with E-state index in [1.807, 2.05) is 0 Å². The SMILES string of the molecule is CCOc1ccccc1NS(=O)(=O)c1cc(C(=O)O)cc(C)c1C. The molecule has 0 aliphatic rings. The number of carbonyl (C=O) groups is 1. The number of nitrogens with one attached hydrogen (secondary N) is 1. The molecule has 24 heavy (non-hydrogen) atoms. The number of carboxylic acid groups (broad SMARTS) is 1. The Morgan fingerprint density at radius 1 is 1.21 bits per heavy atom. The number of benzene rings is 2. The summed E-state index contributed by atoms with van der Waals surface area (Å²) in [7, 11) is -3.96. The van der Waals surface area contributed by atoms with Gasteiger partial charge in [-0.2, -0.15) is 0 Å². The molecular weight excluding hydrogens is 330 g/mol. The largest absolute Gasteiger partial charge is 0.492 e. The molecule has 0 unspecified atom stereocenters. The van der Waals surface area contributed by atoms with Crippen LogP contribution in [0.15, 0.2) is 41.3 Å². The molecule has 0 heterocycles. The Bertz CT molecular complexity index is 875. The molecule has 0 saturated heterocycles. The van der Waals surface area contributed by atoms with Crippen LogP contribution in [-0.2, 0) is 10.0 Å². The third-order valence-corrected chi connectivity index (χ3v) is 5.08. The van der Waals surface area contributed by atoms with E-state index in [1.165, 1.54) is 6.07 Å². The van der Waals surface area contributed by atoms with E-state index in [-0.39, 0.29) is 10.5 Å². The third-order valence-electron chi connectivity index (χ3n) is 3.59. The van der Waals surface area contributed by atoms with Crippen molar-refractivity contribution >= 4 is 21.7 Å². The lowest BCUT2D eigenvalue weighted by Gasteiger charge is -2.15. The smallest absolute Gasteiger partial charge is 0.335 e. The van der Waals surface area contributed by atoms with E-state index in [2.05, 4.69) is 4.72 Å². The van der Waals surface area contributed by atoms with Gasteiger partial charge in [0.05, 0.1) is 22.8 Å². The second-order valence-corrected chi connectivity index (χ2v) is 6.91. The molecule has 2 aromatic rings. The minimum atomic E-state index is -3.96. The molecule has 0 aliphatic carbocycles. The van der Waals surface area contributed by atoms with Gasteiger partial charge in [-0.25, -0.2) is 13.2 Å². The normalized spacial score (nSPS) is 11.1. The van der Waals surface area contributed by atoms with Crippen LogP contribution < -0.4 is 9.46 Å². The van der Waals surface area contributed by atoms with E-state index in [9.17, 15) is 13.2 Å². The summed E-state index contributed by atoms with van der Waals surface area (Å²) in [5.74, 6) is -0.767. The van der Waals surface area contributed by atoms with Crippen molar-refractivity contribution in [2.45, 2.75) is 25.7 Å². The van der Waals surface area contributed by atoms with Crippen LogP contribution in [0.25, 0.3) is 0 Å². The summed E-state index contributed by atoms with van der Waals surface area (Å²) in [5, 5.41) is 9.16. The monoisotopic (exact) mass is 349 g/mol. The second kappa shape index (κ2) is 6.92. The van der Waals surface area contributed by atoms with Crippen LogP contribution in [0.2, 0.25) is 0 Å². The van der Waals surface area contributed by atoms with E-state index in [1.54, 1.807) is 45.0 Å². The zero-order valence-corrected chi connectivity index (χ0v) is 14.5. The summed E-state index contributed by atoms with van der Waals surface area (Å²) in [6, 6.07) is 9.29. The fourth-order valence-corrected chi connectivity index (χ4v) is 3.68. The lowest BCUT2D eigenvalue weighted by molar-refractivity contribution is 0.0696. The van der Waals surface area contributed by atoms with Gasteiger partial charge in [0.25, 0.3) is 10.0 Å². The molecule has 6 nitrogen and oxygen atoms in total. The number of aryl methyl sites for hydroxylation is 1. The molecular formula is C17H19NO5S. The van der Waals surface area contributed by atoms with Crippen LogP contribution in [0, 0.1) is 13.8 Å². The van der Waals surface area contributed by atoms with Crippen molar-refractivity contribution in [3.63, 3.8) is 0 Å². The fourth-order valence-electron chi connectivity index (χ4n) is 2.26. The van der Waals surface area contributed by atoms with Gasteiger partial charge >= 0.3 is 5.97 Å². The van der Waals surface area contributed by atoms with Crippen LogP contribution in [0.3, 0.4) is 0 Å². The first-order chi connectivity index (χ1) is 11.3. The maximum absolute atomic E-state index is 12.7. The van der Waals surface area contributed by atoms with Gasteiger partial charge in [-0.1, -0.05) is 12.1 Å². The highest BCUT2D eigenvalue weighted by Crippen LogP contribution is 2.28. The predicted octanol–water partition coefficient (Wildman–Crippen LogP) is 3.20. The molecule has 2 N–H and O–H groups in total. The number of rotatable bonds is 6. The van der Waals surface area contributed by atoms with E-state index >= 15 is 0 Å². The summed E-state index contributed by atoms with van der Waals surface area (Å²) in [4.78, 5) is 11.1. The van der Waals surface area contributed by atoms with Crippen LogP contribution in [0.4, 0.5) is 5.69 Å². The minimum Gasteiger partial charge on any atom is -0.492 e.